The van der Waals surface area contributed by atoms with Gasteiger partial charge in [0.05, 0.1) is 5.69 Å². The van der Waals surface area contributed by atoms with E-state index in [9.17, 15) is 0 Å². The third-order valence-corrected chi connectivity index (χ3v) is 4.45. The summed E-state index contributed by atoms with van der Waals surface area (Å²) < 4.78 is 0. The molecule has 0 unspecified atom stereocenters. The molecule has 5 nitrogen and oxygen atoms in total. The number of benzene rings is 1. The molecule has 0 radical (unpaired) electrons. The molecule has 0 aliphatic rings. The van der Waals surface area contributed by atoms with Gasteiger partial charge < -0.3 is 16.5 Å². The van der Waals surface area contributed by atoms with Crippen LogP contribution >= 0.6 is 0 Å². The predicted molar refractivity (Wildman–Crippen MR) is 91.7 cm³/mol. The molecule has 3 rings (SSSR count). The monoisotopic (exact) mass is 295 g/mol. The van der Waals surface area contributed by atoms with Gasteiger partial charge in [0.25, 0.3) is 0 Å². The highest BCUT2D eigenvalue weighted by Gasteiger charge is 2.20. The molecular formula is C17H21N5. The van der Waals surface area contributed by atoms with Gasteiger partial charge in [-0.25, -0.2) is 4.98 Å². The van der Waals surface area contributed by atoms with Crippen molar-refractivity contribution in [3.05, 3.63) is 34.6 Å². The van der Waals surface area contributed by atoms with E-state index in [4.69, 9.17) is 11.5 Å². The van der Waals surface area contributed by atoms with Crippen LogP contribution in [0.1, 0.15) is 29.3 Å². The second-order valence-corrected chi connectivity index (χ2v) is 5.66. The van der Waals surface area contributed by atoms with Crippen LogP contribution in [0.3, 0.4) is 0 Å². The first kappa shape index (κ1) is 14.4. The van der Waals surface area contributed by atoms with E-state index < -0.39 is 0 Å². The number of fused-ring (bicyclic) bond motifs is 1. The van der Waals surface area contributed by atoms with Crippen molar-refractivity contribution in [2.24, 2.45) is 0 Å². The topological polar surface area (TPSA) is 93.6 Å². The molecule has 0 saturated carbocycles. The number of nitrogens with two attached hydrogens (primary N) is 2. The largest absolute Gasteiger partial charge is 0.383 e. The standard InChI is InChI=1S/C17H21N5/c1-5-12-14(16(18)22-17(19)21-12)13-8(2)9(3)15-11(10(13)4)6-7-20-15/h6-7,20H,5H2,1-4H3,(H4,18,19,21,22). The van der Waals surface area contributed by atoms with Crippen molar-refractivity contribution in [2.75, 3.05) is 11.5 Å². The maximum absolute atomic E-state index is 6.20. The van der Waals surface area contributed by atoms with Crippen molar-refractivity contribution in [3.63, 3.8) is 0 Å². The SMILES string of the molecule is CCc1nc(N)nc(N)c1-c1c(C)c(C)c2[nH]ccc2c1C. The van der Waals surface area contributed by atoms with Crippen molar-refractivity contribution >= 4 is 22.7 Å². The van der Waals surface area contributed by atoms with Gasteiger partial charge in [-0.3, -0.25) is 0 Å². The molecule has 0 aliphatic heterocycles. The molecule has 0 fully saturated rings. The minimum Gasteiger partial charge on any atom is -0.383 e. The zero-order valence-corrected chi connectivity index (χ0v) is 13.4. The molecule has 0 bridgehead atoms. The Morgan fingerprint density at radius 2 is 1.73 bits per heavy atom. The maximum atomic E-state index is 6.20. The van der Waals surface area contributed by atoms with E-state index in [1.165, 1.54) is 27.6 Å². The summed E-state index contributed by atoms with van der Waals surface area (Å²) in [7, 11) is 0. The first-order valence-electron chi connectivity index (χ1n) is 7.44. The molecule has 0 aliphatic carbocycles. The molecule has 0 spiro atoms. The zero-order valence-electron chi connectivity index (χ0n) is 13.4. The van der Waals surface area contributed by atoms with E-state index in [-0.39, 0.29) is 5.95 Å². The van der Waals surface area contributed by atoms with E-state index in [1.807, 2.05) is 6.20 Å². The van der Waals surface area contributed by atoms with Crippen LogP contribution in [0.5, 0.6) is 0 Å². The number of aromatic amines is 1. The van der Waals surface area contributed by atoms with Gasteiger partial charge in [0.2, 0.25) is 5.95 Å². The molecule has 114 valence electrons. The number of hydrogen-bond donors (Lipinski definition) is 3. The lowest BCUT2D eigenvalue weighted by Crippen LogP contribution is -2.08. The van der Waals surface area contributed by atoms with Gasteiger partial charge in [-0.05, 0) is 55.5 Å². The number of nitrogens with zero attached hydrogens (tertiary/aromatic N) is 2. The Kier molecular flexibility index (Phi) is 3.28. The van der Waals surface area contributed by atoms with Gasteiger partial charge >= 0.3 is 0 Å². The molecule has 2 aromatic heterocycles. The molecule has 0 saturated heterocycles. The number of aromatic nitrogens is 3. The fourth-order valence-corrected chi connectivity index (χ4v) is 3.23. The van der Waals surface area contributed by atoms with Crippen LogP contribution in [0, 0.1) is 20.8 Å². The van der Waals surface area contributed by atoms with Gasteiger partial charge in [0.1, 0.15) is 5.82 Å². The Bertz CT molecular complexity index is 877. The maximum Gasteiger partial charge on any atom is 0.222 e. The van der Waals surface area contributed by atoms with Gasteiger partial charge in [0.15, 0.2) is 0 Å². The third-order valence-electron chi connectivity index (χ3n) is 4.45. The van der Waals surface area contributed by atoms with E-state index >= 15 is 0 Å². The Morgan fingerprint density at radius 3 is 2.41 bits per heavy atom. The molecule has 5 N–H and O–H groups in total. The summed E-state index contributed by atoms with van der Waals surface area (Å²) in [6, 6.07) is 2.10. The highest BCUT2D eigenvalue weighted by Crippen LogP contribution is 2.39. The average Bonchev–Trinajstić information content (AvgIpc) is 2.96. The second-order valence-electron chi connectivity index (χ2n) is 5.66. The van der Waals surface area contributed by atoms with Gasteiger partial charge in [-0.1, -0.05) is 6.92 Å². The third kappa shape index (κ3) is 1.93. The smallest absolute Gasteiger partial charge is 0.222 e. The van der Waals surface area contributed by atoms with Crippen LogP contribution in [0.25, 0.3) is 22.0 Å². The Balaban J connectivity index is 2.46. The molecule has 0 amide bonds. The lowest BCUT2D eigenvalue weighted by molar-refractivity contribution is 1.01. The normalized spacial score (nSPS) is 11.3. The Hall–Kier alpha value is -2.56. The van der Waals surface area contributed by atoms with Crippen LogP contribution in [-0.4, -0.2) is 15.0 Å². The van der Waals surface area contributed by atoms with Crippen molar-refractivity contribution in [1.82, 2.24) is 15.0 Å². The van der Waals surface area contributed by atoms with Gasteiger partial charge in [-0.2, -0.15) is 4.98 Å². The predicted octanol–water partition coefficient (Wildman–Crippen LogP) is 3.28. The summed E-state index contributed by atoms with van der Waals surface area (Å²) in [5.74, 6) is 0.678. The molecule has 2 heterocycles. The molecule has 3 aromatic rings. The second kappa shape index (κ2) is 5.02. The number of anilines is 2. The summed E-state index contributed by atoms with van der Waals surface area (Å²) in [5.41, 5.74) is 19.7. The highest BCUT2D eigenvalue weighted by molar-refractivity contribution is 5.96. The van der Waals surface area contributed by atoms with Crippen molar-refractivity contribution in [2.45, 2.75) is 34.1 Å². The summed E-state index contributed by atoms with van der Waals surface area (Å²) in [5, 5.41) is 1.20. The summed E-state index contributed by atoms with van der Waals surface area (Å²) in [4.78, 5) is 11.9. The van der Waals surface area contributed by atoms with Crippen LogP contribution < -0.4 is 11.5 Å². The molecular weight excluding hydrogens is 274 g/mol. The van der Waals surface area contributed by atoms with E-state index in [0.29, 0.717) is 5.82 Å². The quantitative estimate of drug-likeness (QED) is 0.676. The number of aryl methyl sites for hydroxylation is 3. The first-order valence-corrected chi connectivity index (χ1v) is 7.44. The number of H-pyrrole nitrogens is 1. The zero-order chi connectivity index (χ0) is 16.0. The summed E-state index contributed by atoms with van der Waals surface area (Å²) in [6.45, 7) is 8.41. The lowest BCUT2D eigenvalue weighted by Gasteiger charge is -2.18. The Morgan fingerprint density at radius 1 is 1.00 bits per heavy atom. The van der Waals surface area contributed by atoms with Crippen LogP contribution in [0.15, 0.2) is 12.3 Å². The van der Waals surface area contributed by atoms with Crippen molar-refractivity contribution in [3.8, 4) is 11.1 Å². The Labute approximate surface area is 129 Å². The summed E-state index contributed by atoms with van der Waals surface area (Å²) >= 11 is 0. The number of nitrogens with one attached hydrogen (secondary N) is 1. The molecule has 0 atom stereocenters. The number of rotatable bonds is 2. The van der Waals surface area contributed by atoms with Crippen molar-refractivity contribution in [1.29, 1.82) is 0 Å². The molecule has 1 aromatic carbocycles. The van der Waals surface area contributed by atoms with Gasteiger partial charge in [0, 0.05) is 22.7 Å². The molecule has 22 heavy (non-hydrogen) atoms. The van der Waals surface area contributed by atoms with E-state index in [2.05, 4.69) is 48.7 Å². The summed E-state index contributed by atoms with van der Waals surface area (Å²) in [6.07, 6.45) is 2.73. The highest BCUT2D eigenvalue weighted by atomic mass is 15.0. The molecule has 5 heteroatoms. The number of nitrogen functional groups attached to an aromatic ring is 2. The average molecular weight is 295 g/mol. The number of hydrogen-bond acceptors (Lipinski definition) is 4. The van der Waals surface area contributed by atoms with E-state index in [0.717, 1.165) is 23.2 Å². The minimum absolute atomic E-state index is 0.229. The first-order chi connectivity index (χ1) is 10.5. The minimum atomic E-state index is 0.229. The van der Waals surface area contributed by atoms with Crippen molar-refractivity contribution < 1.29 is 0 Å². The fourth-order valence-electron chi connectivity index (χ4n) is 3.23. The van der Waals surface area contributed by atoms with Crippen LogP contribution in [-0.2, 0) is 6.42 Å². The fraction of sp³-hybridized carbons (Fsp3) is 0.294. The van der Waals surface area contributed by atoms with Gasteiger partial charge in [-0.15, -0.1) is 0 Å². The van der Waals surface area contributed by atoms with Crippen LogP contribution in [0.4, 0.5) is 11.8 Å². The van der Waals surface area contributed by atoms with Crippen LogP contribution in [0.2, 0.25) is 0 Å². The lowest BCUT2D eigenvalue weighted by atomic mass is 9.89. The van der Waals surface area contributed by atoms with E-state index in [1.54, 1.807) is 0 Å².